The molecule has 0 aromatic heterocycles. The van der Waals surface area contributed by atoms with Crippen molar-refractivity contribution in [2.45, 2.75) is 160 Å². The topological polar surface area (TPSA) is 230 Å². The van der Waals surface area contributed by atoms with Gasteiger partial charge in [0.1, 0.15) is 42.9 Å². The Labute approximate surface area is 322 Å². The van der Waals surface area contributed by atoms with Crippen LogP contribution in [-0.4, -0.2) is 122 Å². The summed E-state index contributed by atoms with van der Waals surface area (Å²) in [5, 5.41) is 73.2. The summed E-state index contributed by atoms with van der Waals surface area (Å²) in [5.74, 6) is -1.66. The first-order valence-electron chi connectivity index (χ1n) is 20.3. The number of fused-ring (bicyclic) bond motifs is 7. The van der Waals surface area contributed by atoms with Crippen LogP contribution in [0, 0.1) is 56.7 Å². The first kappa shape index (κ1) is 41.2. The lowest BCUT2D eigenvalue weighted by molar-refractivity contribution is -0.365. The van der Waals surface area contributed by atoms with Crippen LogP contribution in [0.1, 0.15) is 98.8 Å². The maximum Gasteiger partial charge on any atom is 0.335 e. The van der Waals surface area contributed by atoms with Gasteiger partial charge in [-0.25, -0.2) is 4.79 Å². The summed E-state index contributed by atoms with van der Waals surface area (Å²) in [5.41, 5.74) is -1.26. The van der Waals surface area contributed by atoms with Crippen LogP contribution >= 0.6 is 0 Å². The van der Waals surface area contributed by atoms with Crippen LogP contribution in [0.5, 0.6) is 0 Å². The molecule has 0 spiro atoms. The molecule has 0 aromatic rings. The number of carbonyl (C=O) groups is 3. The van der Waals surface area contributed by atoms with Gasteiger partial charge in [0.15, 0.2) is 18.7 Å². The number of aliphatic hydroxyl groups is 5. The number of carboxylic acids is 2. The minimum Gasteiger partial charge on any atom is -0.481 e. The number of hydrogen-bond acceptors (Lipinski definition) is 12. The van der Waals surface area contributed by atoms with Crippen molar-refractivity contribution in [3.63, 3.8) is 0 Å². The second kappa shape index (κ2) is 14.1. The molecule has 14 nitrogen and oxygen atoms in total. The second-order valence-electron chi connectivity index (χ2n) is 19.4. The van der Waals surface area contributed by atoms with E-state index in [2.05, 4.69) is 34.3 Å². The molecule has 3 unspecified atom stereocenters. The lowest BCUT2D eigenvalue weighted by Gasteiger charge is -2.72. The molecule has 2 aliphatic heterocycles. The highest BCUT2D eigenvalue weighted by Gasteiger charge is 2.72. The van der Waals surface area contributed by atoms with E-state index in [9.17, 15) is 50.1 Å². The number of aldehydes is 1. The maximum absolute atomic E-state index is 13.5. The van der Waals surface area contributed by atoms with Crippen LogP contribution in [0.25, 0.3) is 0 Å². The molecular weight excluding hydrogens is 716 g/mol. The van der Waals surface area contributed by atoms with Gasteiger partial charge in [0, 0.05) is 0 Å². The fourth-order valence-corrected chi connectivity index (χ4v) is 14.1. The fourth-order valence-electron chi connectivity index (χ4n) is 14.1. The third kappa shape index (κ3) is 5.85. The molecular formula is C41H62O14. The van der Waals surface area contributed by atoms with Crippen molar-refractivity contribution in [2.75, 3.05) is 6.61 Å². The van der Waals surface area contributed by atoms with Gasteiger partial charge in [0.2, 0.25) is 0 Å². The standard InChI is InChI=1S/C41H62O14/c1-19(2)20-9-14-41(36(50)51)16-15-39(5)21(26(20)41)7-8-24-37(3)12-11-25(38(4,18-42)23(37)10-13-40(24,39)6)53-35-32(29(46)28(45)31(54-35)33(48)49)55-34-30(47)27(44)22(43)17-52-34/h18,20-32,34-35,43-47H,1,7-17H2,2-6H3,(H,48,49)(H,50,51)/t20?,21-,22-,23?,24-,25+,26?,27+,28+,29+,30-,31+,32-,34+,35-,37+,38+,39-,40-,41+/m1/s1. The van der Waals surface area contributed by atoms with Crippen LogP contribution in [0.3, 0.4) is 0 Å². The van der Waals surface area contributed by atoms with E-state index >= 15 is 0 Å². The predicted molar refractivity (Wildman–Crippen MR) is 193 cm³/mol. The van der Waals surface area contributed by atoms with Gasteiger partial charge in [-0.2, -0.15) is 0 Å². The normalized spacial score (nSPS) is 54.9. The van der Waals surface area contributed by atoms with Gasteiger partial charge in [0.25, 0.3) is 0 Å². The summed E-state index contributed by atoms with van der Waals surface area (Å²) in [6, 6.07) is 0. The van der Waals surface area contributed by atoms with Gasteiger partial charge in [-0.1, -0.05) is 39.8 Å². The van der Waals surface area contributed by atoms with Crippen molar-refractivity contribution in [1.82, 2.24) is 0 Å². The highest BCUT2D eigenvalue weighted by Crippen LogP contribution is 2.77. The molecule has 7 aliphatic rings. The summed E-state index contributed by atoms with van der Waals surface area (Å²) in [6.45, 7) is 15.0. The number of allylic oxidation sites excluding steroid dienone is 1. The van der Waals surface area contributed by atoms with Gasteiger partial charge in [0.05, 0.1) is 23.5 Å². The predicted octanol–water partition coefficient (Wildman–Crippen LogP) is 2.65. The van der Waals surface area contributed by atoms with E-state index in [1.807, 2.05) is 6.92 Å². The van der Waals surface area contributed by atoms with Crippen LogP contribution in [0.4, 0.5) is 0 Å². The average molecular weight is 779 g/mol. The largest absolute Gasteiger partial charge is 0.481 e. The molecule has 310 valence electrons. The number of aliphatic carboxylic acids is 2. The van der Waals surface area contributed by atoms with Crippen molar-refractivity contribution in [3.05, 3.63) is 12.2 Å². The van der Waals surface area contributed by atoms with E-state index in [1.165, 1.54) is 0 Å². The summed E-state index contributed by atoms with van der Waals surface area (Å²) < 4.78 is 23.5. The van der Waals surface area contributed by atoms with Crippen molar-refractivity contribution >= 4 is 18.2 Å². The van der Waals surface area contributed by atoms with Gasteiger partial charge in [-0.05, 0) is 117 Å². The van der Waals surface area contributed by atoms with Crippen LogP contribution in [0.2, 0.25) is 0 Å². The number of carbonyl (C=O) groups excluding carboxylic acids is 1. The third-order valence-corrected chi connectivity index (χ3v) is 17.2. The summed E-state index contributed by atoms with van der Waals surface area (Å²) in [6.07, 6.45) is -7.73. The van der Waals surface area contributed by atoms with Crippen LogP contribution < -0.4 is 0 Å². The fraction of sp³-hybridized carbons (Fsp3) is 0.878. The number of rotatable bonds is 8. The minimum atomic E-state index is -1.95. The van der Waals surface area contributed by atoms with E-state index in [0.29, 0.717) is 32.1 Å². The number of aliphatic hydroxyl groups excluding tert-OH is 5. The van der Waals surface area contributed by atoms with E-state index in [1.54, 1.807) is 0 Å². The number of ether oxygens (including phenoxy) is 4. The lowest BCUT2D eigenvalue weighted by atomic mass is 9.32. The molecule has 0 aromatic carbocycles. The monoisotopic (exact) mass is 778 g/mol. The van der Waals surface area contributed by atoms with Crippen molar-refractivity contribution in [2.24, 2.45) is 56.7 Å². The molecule has 2 saturated heterocycles. The Morgan fingerprint density at radius 1 is 0.764 bits per heavy atom. The van der Waals surface area contributed by atoms with Crippen molar-refractivity contribution in [1.29, 1.82) is 0 Å². The minimum absolute atomic E-state index is 0.0385. The molecule has 7 N–H and O–H groups in total. The third-order valence-electron chi connectivity index (χ3n) is 17.2. The molecule has 7 rings (SSSR count). The second-order valence-corrected chi connectivity index (χ2v) is 19.4. The Hall–Kier alpha value is -2.01. The van der Waals surface area contributed by atoms with E-state index in [4.69, 9.17) is 18.9 Å². The maximum atomic E-state index is 13.5. The molecule has 0 amide bonds. The molecule has 2 heterocycles. The molecule has 7 fully saturated rings. The molecule has 14 heteroatoms. The van der Waals surface area contributed by atoms with E-state index < -0.39 is 90.8 Å². The summed E-state index contributed by atoms with van der Waals surface area (Å²) in [7, 11) is 0. The molecule has 5 saturated carbocycles. The first-order valence-corrected chi connectivity index (χ1v) is 20.3. The quantitative estimate of drug-likeness (QED) is 0.107. The summed E-state index contributed by atoms with van der Waals surface area (Å²) >= 11 is 0. The highest BCUT2D eigenvalue weighted by molar-refractivity contribution is 5.76. The average Bonchev–Trinajstić information content (AvgIpc) is 3.54. The highest BCUT2D eigenvalue weighted by atomic mass is 16.8. The number of carboxylic acid groups (broad SMARTS) is 2. The SMILES string of the molecule is C=C(C)C1CC[C@]2(C(=O)O)CC[C@]3(C)[C@H](CC[C@@H]4[C@@]5(C)CC[C@H](O[C@@H]6O[C@H](C(=O)O)[C@@H](O)[C@H](O)[C@H]6O[C@@H]6OC[C@@H](O)[C@H](O)[C@H]6O)[C@@](C)(C=O)C5CC[C@]43C)C12. The zero-order chi connectivity index (χ0) is 40.2. The van der Waals surface area contributed by atoms with Crippen LogP contribution in [0.15, 0.2) is 12.2 Å². The van der Waals surface area contributed by atoms with Gasteiger partial charge < -0.3 is 59.5 Å². The Kier molecular flexibility index (Phi) is 10.5. The number of hydrogen-bond donors (Lipinski definition) is 7. The first-order chi connectivity index (χ1) is 25.7. The zero-order valence-electron chi connectivity index (χ0n) is 32.7. The van der Waals surface area contributed by atoms with Gasteiger partial charge >= 0.3 is 11.9 Å². The van der Waals surface area contributed by atoms with Gasteiger partial charge in [-0.3, -0.25) is 4.79 Å². The van der Waals surface area contributed by atoms with Crippen LogP contribution in [-0.2, 0) is 33.3 Å². The van der Waals surface area contributed by atoms with Crippen molar-refractivity contribution < 1.29 is 69.1 Å². The molecule has 20 atom stereocenters. The zero-order valence-corrected chi connectivity index (χ0v) is 32.7. The Balaban J connectivity index is 1.16. The van der Waals surface area contributed by atoms with E-state index in [-0.39, 0.29) is 45.8 Å². The smallest absolute Gasteiger partial charge is 0.335 e. The lowest BCUT2D eigenvalue weighted by Crippen LogP contribution is -2.68. The van der Waals surface area contributed by atoms with Gasteiger partial charge in [-0.15, -0.1) is 0 Å². The Bertz CT molecular complexity index is 1540. The molecule has 0 radical (unpaired) electrons. The summed E-state index contributed by atoms with van der Waals surface area (Å²) in [4.78, 5) is 38.7. The molecule has 0 bridgehead atoms. The van der Waals surface area contributed by atoms with E-state index in [0.717, 1.165) is 44.0 Å². The Morgan fingerprint density at radius 3 is 2.11 bits per heavy atom. The Morgan fingerprint density at radius 2 is 1.47 bits per heavy atom. The molecule has 5 aliphatic carbocycles. The molecule has 55 heavy (non-hydrogen) atoms. The van der Waals surface area contributed by atoms with Crippen molar-refractivity contribution in [3.8, 4) is 0 Å².